The molecule has 0 unspecified atom stereocenters. The van der Waals surface area contributed by atoms with E-state index in [0.717, 1.165) is 16.6 Å². The largest absolute Gasteiger partial charge is 2.00 e. The van der Waals surface area contributed by atoms with Gasteiger partial charge in [0.15, 0.2) is 0 Å². The van der Waals surface area contributed by atoms with Crippen LogP contribution in [0, 0.1) is 63.7 Å². The van der Waals surface area contributed by atoms with Gasteiger partial charge in [0.1, 0.15) is 0 Å². The predicted molar refractivity (Wildman–Crippen MR) is 92.3 cm³/mol. The third-order valence-corrected chi connectivity index (χ3v) is 3.34. The maximum atomic E-state index is 11.9. The summed E-state index contributed by atoms with van der Waals surface area (Å²) in [5.74, 6) is 0.574. The van der Waals surface area contributed by atoms with E-state index in [1.807, 2.05) is 75.3 Å². The predicted octanol–water partition coefficient (Wildman–Crippen LogP) is 3.60. The number of pyridine rings is 1. The van der Waals surface area contributed by atoms with Crippen LogP contribution in [0.3, 0.4) is 0 Å². The molecule has 0 saturated heterocycles. The summed E-state index contributed by atoms with van der Waals surface area (Å²) in [5.41, 5.74) is 1.70. The van der Waals surface area contributed by atoms with E-state index in [1.54, 1.807) is 19.0 Å². The molecule has 1 aromatic carbocycles. The number of aromatic nitrogens is 1. The van der Waals surface area contributed by atoms with Crippen molar-refractivity contribution in [3.8, 4) is 0 Å². The van der Waals surface area contributed by atoms with Gasteiger partial charge in [0.2, 0.25) is 5.91 Å². The molecule has 2 fully saturated rings. The Morgan fingerprint density at radius 1 is 0.875 bits per heavy atom. The average Bonchev–Trinajstić information content (AvgIpc) is 3.30. The number of carbonyl (C=O) groups excluding carboxylic acids is 1. The molecule has 10 radical (unpaired) electrons. The van der Waals surface area contributed by atoms with E-state index in [2.05, 4.69) is 10.3 Å². The Kier molecular flexibility index (Phi) is 7.74. The van der Waals surface area contributed by atoms with Crippen molar-refractivity contribution >= 4 is 22.5 Å². The second-order valence-electron chi connectivity index (χ2n) is 5.00. The quantitative estimate of drug-likeness (QED) is 0.836. The zero-order valence-electron chi connectivity index (χ0n) is 12.9. The van der Waals surface area contributed by atoms with Gasteiger partial charge in [-0.2, -0.15) is 0 Å². The van der Waals surface area contributed by atoms with Crippen LogP contribution in [0.1, 0.15) is 0 Å². The van der Waals surface area contributed by atoms with E-state index in [1.165, 1.54) is 0 Å². The first-order chi connectivity index (χ1) is 11.3. The number of hydrogen-bond acceptors (Lipinski definition) is 2. The topological polar surface area (TPSA) is 42.0 Å². The second-order valence-corrected chi connectivity index (χ2v) is 5.00. The number of nitrogens with zero attached hydrogens (tertiary/aromatic N) is 1. The molecule has 2 aliphatic rings. The Hall–Kier alpha value is -1.38. The van der Waals surface area contributed by atoms with Gasteiger partial charge in [-0.1, -0.05) is 6.07 Å². The zero-order valence-corrected chi connectivity index (χ0v) is 14.0. The van der Waals surface area contributed by atoms with Crippen molar-refractivity contribution in [2.45, 2.75) is 0 Å². The SMILES string of the molecule is O=C(Nc1ccc2ncccc2c1)[C]1[CH][CH][CH][CH]1.[CH]1[CH][CH][CH][CH]1.[Fe+2]. The first-order valence-corrected chi connectivity index (χ1v) is 7.37. The fraction of sp³-hybridized carbons (Fsp3) is 0. The van der Waals surface area contributed by atoms with Crippen molar-refractivity contribution < 1.29 is 21.9 Å². The van der Waals surface area contributed by atoms with Crippen molar-refractivity contribution in [2.75, 3.05) is 5.32 Å². The monoisotopic (exact) mass is 356 g/mol. The van der Waals surface area contributed by atoms with Gasteiger partial charge in [-0.3, -0.25) is 9.78 Å². The van der Waals surface area contributed by atoms with Crippen molar-refractivity contribution in [1.82, 2.24) is 4.98 Å². The second kappa shape index (κ2) is 9.80. The van der Waals surface area contributed by atoms with Gasteiger partial charge in [-0.15, -0.1) is 0 Å². The summed E-state index contributed by atoms with van der Waals surface area (Å²) in [6.45, 7) is 0. The van der Waals surface area contributed by atoms with Gasteiger partial charge in [0.25, 0.3) is 0 Å². The number of nitrogens with one attached hydrogen (secondary N) is 1. The zero-order chi connectivity index (χ0) is 15.9. The first-order valence-electron chi connectivity index (χ1n) is 7.37. The van der Waals surface area contributed by atoms with E-state index in [-0.39, 0.29) is 23.0 Å². The molecule has 118 valence electrons. The molecule has 0 spiro atoms. The van der Waals surface area contributed by atoms with Gasteiger partial charge in [-0.05, 0) is 82.1 Å². The van der Waals surface area contributed by atoms with Crippen LogP contribution in [0.4, 0.5) is 5.69 Å². The minimum absolute atomic E-state index is 0. The Bertz CT molecular complexity index is 641. The molecule has 0 aliphatic heterocycles. The standard InChI is InChI=1S/C15H11N2O.C5H5.Fe/c18-15(11-4-1-2-5-11)17-13-7-8-14-12(10-13)6-3-9-16-14;1-2-4-5-3-1;/h1-10H,(H,17,18);1-5H;/q;;+2. The van der Waals surface area contributed by atoms with Crippen molar-refractivity contribution in [3.63, 3.8) is 0 Å². The maximum absolute atomic E-state index is 11.9. The van der Waals surface area contributed by atoms with Crippen LogP contribution < -0.4 is 5.32 Å². The Labute approximate surface area is 155 Å². The number of amides is 1. The number of anilines is 1. The van der Waals surface area contributed by atoms with E-state index >= 15 is 0 Å². The molecule has 1 heterocycles. The van der Waals surface area contributed by atoms with Crippen LogP contribution >= 0.6 is 0 Å². The Morgan fingerprint density at radius 2 is 1.54 bits per heavy atom. The first kappa shape index (κ1) is 19.0. The summed E-state index contributed by atoms with van der Waals surface area (Å²) in [6.07, 6.45) is 19.0. The van der Waals surface area contributed by atoms with Crippen LogP contribution in [-0.2, 0) is 21.9 Å². The molecule has 1 amide bonds. The van der Waals surface area contributed by atoms with E-state index in [0.29, 0.717) is 5.92 Å². The van der Waals surface area contributed by atoms with E-state index in [9.17, 15) is 4.79 Å². The molecule has 0 atom stereocenters. The van der Waals surface area contributed by atoms with Crippen LogP contribution in [0.15, 0.2) is 36.5 Å². The normalized spacial score (nSPS) is 17.0. The molecule has 3 nitrogen and oxygen atoms in total. The third-order valence-electron chi connectivity index (χ3n) is 3.34. The number of benzene rings is 1. The Morgan fingerprint density at radius 3 is 2.21 bits per heavy atom. The fourth-order valence-corrected chi connectivity index (χ4v) is 2.20. The molecule has 4 heteroatoms. The molecule has 2 aromatic rings. The molecule has 4 rings (SSSR count). The minimum atomic E-state index is -0.0942. The molecule has 1 aromatic heterocycles. The van der Waals surface area contributed by atoms with E-state index in [4.69, 9.17) is 0 Å². The molecule has 2 saturated carbocycles. The molecule has 2 aliphatic carbocycles. The number of fused-ring (bicyclic) bond motifs is 1. The average molecular weight is 356 g/mol. The van der Waals surface area contributed by atoms with Gasteiger partial charge < -0.3 is 5.32 Å². The minimum Gasteiger partial charge on any atom is -0.326 e. The molecule has 24 heavy (non-hydrogen) atoms. The number of carbonyl (C=O) groups is 1. The summed E-state index contributed by atoms with van der Waals surface area (Å²) < 4.78 is 0. The summed E-state index contributed by atoms with van der Waals surface area (Å²) in [7, 11) is 0. The summed E-state index contributed by atoms with van der Waals surface area (Å²) in [6, 6.07) is 9.53. The molecular weight excluding hydrogens is 340 g/mol. The van der Waals surface area contributed by atoms with Gasteiger partial charge in [0.05, 0.1) is 11.4 Å². The van der Waals surface area contributed by atoms with Crippen LogP contribution in [-0.4, -0.2) is 10.9 Å². The van der Waals surface area contributed by atoms with Gasteiger partial charge in [0, 0.05) is 17.3 Å². The van der Waals surface area contributed by atoms with Crippen molar-refractivity contribution in [2.24, 2.45) is 0 Å². The Balaban J connectivity index is 0.000000300. The number of rotatable bonds is 2. The van der Waals surface area contributed by atoms with Crippen LogP contribution in [0.2, 0.25) is 0 Å². The fourth-order valence-electron chi connectivity index (χ4n) is 2.20. The van der Waals surface area contributed by atoms with E-state index < -0.39 is 0 Å². The summed E-state index contributed by atoms with van der Waals surface area (Å²) >= 11 is 0. The van der Waals surface area contributed by atoms with Gasteiger partial charge in [-0.25, -0.2) is 0 Å². The van der Waals surface area contributed by atoms with Crippen LogP contribution in [0.25, 0.3) is 10.9 Å². The number of hydrogen-bond donors (Lipinski definition) is 1. The van der Waals surface area contributed by atoms with Crippen LogP contribution in [0.5, 0.6) is 0 Å². The molecule has 1 N–H and O–H groups in total. The van der Waals surface area contributed by atoms with Crippen molar-refractivity contribution in [3.05, 3.63) is 100 Å². The smallest absolute Gasteiger partial charge is 0.326 e. The third kappa shape index (κ3) is 5.32. The summed E-state index contributed by atoms with van der Waals surface area (Å²) in [5, 5.41) is 3.88. The van der Waals surface area contributed by atoms with Crippen molar-refractivity contribution in [1.29, 1.82) is 0 Å². The summed E-state index contributed by atoms with van der Waals surface area (Å²) in [4.78, 5) is 16.1. The maximum Gasteiger partial charge on any atom is 2.00 e. The molecular formula is C20H16FeN2O+2. The van der Waals surface area contributed by atoms with Gasteiger partial charge >= 0.3 is 17.1 Å². The molecule has 0 bridgehead atoms.